The van der Waals surface area contributed by atoms with Gasteiger partial charge in [-0.1, -0.05) is 12.1 Å². The number of carbonyl (C=O) groups excluding carboxylic acids is 1. The molecule has 0 atom stereocenters. The second-order valence-corrected chi connectivity index (χ2v) is 5.04. The zero-order valence-electron chi connectivity index (χ0n) is 11.5. The van der Waals surface area contributed by atoms with E-state index in [2.05, 4.69) is 16.7 Å². The molecule has 2 N–H and O–H groups in total. The van der Waals surface area contributed by atoms with Crippen molar-refractivity contribution in [2.75, 3.05) is 11.9 Å². The van der Waals surface area contributed by atoms with E-state index in [1.807, 2.05) is 30.3 Å². The van der Waals surface area contributed by atoms with E-state index in [9.17, 15) is 4.79 Å². The van der Waals surface area contributed by atoms with Crippen molar-refractivity contribution in [3.05, 3.63) is 64.7 Å². The number of fused-ring (bicyclic) bond motifs is 1. The summed E-state index contributed by atoms with van der Waals surface area (Å²) in [5, 5.41) is 15.0. The van der Waals surface area contributed by atoms with Gasteiger partial charge in [-0.2, -0.15) is 5.26 Å². The molecule has 0 saturated carbocycles. The largest absolute Gasteiger partial charge is 0.384 e. The average Bonchev–Trinajstić information content (AvgIpc) is 3.00. The zero-order valence-corrected chi connectivity index (χ0v) is 11.5. The minimum atomic E-state index is -0.0907. The van der Waals surface area contributed by atoms with Crippen molar-refractivity contribution >= 4 is 11.6 Å². The third-order valence-corrected chi connectivity index (χ3v) is 3.59. The van der Waals surface area contributed by atoms with E-state index in [4.69, 9.17) is 5.26 Å². The summed E-state index contributed by atoms with van der Waals surface area (Å²) in [6, 6.07) is 15.1. The highest BCUT2D eigenvalue weighted by molar-refractivity contribution is 5.95. The van der Waals surface area contributed by atoms with Crippen LogP contribution in [0.4, 0.5) is 5.69 Å². The molecule has 0 radical (unpaired) electrons. The van der Waals surface area contributed by atoms with Crippen molar-refractivity contribution in [3.63, 3.8) is 0 Å². The maximum Gasteiger partial charge on any atom is 0.251 e. The van der Waals surface area contributed by atoms with Gasteiger partial charge in [0.25, 0.3) is 5.91 Å². The topological polar surface area (TPSA) is 64.9 Å². The van der Waals surface area contributed by atoms with Crippen LogP contribution < -0.4 is 10.6 Å². The van der Waals surface area contributed by atoms with Gasteiger partial charge >= 0.3 is 0 Å². The number of hydrogen-bond donors (Lipinski definition) is 2. The van der Waals surface area contributed by atoms with Gasteiger partial charge in [0.15, 0.2) is 0 Å². The first kappa shape index (κ1) is 13.2. The fourth-order valence-electron chi connectivity index (χ4n) is 2.48. The molecule has 0 fully saturated rings. The van der Waals surface area contributed by atoms with Crippen LogP contribution in [0.25, 0.3) is 0 Å². The highest BCUT2D eigenvalue weighted by Gasteiger charge is 2.13. The van der Waals surface area contributed by atoms with Crippen molar-refractivity contribution < 1.29 is 4.79 Å². The summed E-state index contributed by atoms with van der Waals surface area (Å²) in [7, 11) is 0. The minimum absolute atomic E-state index is 0.0907. The first-order valence-corrected chi connectivity index (χ1v) is 6.90. The summed E-state index contributed by atoms with van der Waals surface area (Å²) in [6.45, 7) is 1.35. The molecule has 1 aliphatic heterocycles. The zero-order chi connectivity index (χ0) is 14.7. The predicted molar refractivity (Wildman–Crippen MR) is 81.0 cm³/mol. The number of benzene rings is 2. The van der Waals surface area contributed by atoms with Crippen molar-refractivity contribution in [3.8, 4) is 6.07 Å². The molecule has 0 aromatic heterocycles. The first-order chi connectivity index (χ1) is 10.3. The van der Waals surface area contributed by atoms with Gasteiger partial charge < -0.3 is 10.6 Å². The fraction of sp³-hybridized carbons (Fsp3) is 0.176. The summed E-state index contributed by atoms with van der Waals surface area (Å²) in [5.41, 5.74) is 4.51. The molecule has 4 heteroatoms. The Morgan fingerprint density at radius 2 is 2.19 bits per heavy atom. The van der Waals surface area contributed by atoms with Gasteiger partial charge in [0.05, 0.1) is 11.6 Å². The normalized spacial score (nSPS) is 12.1. The van der Waals surface area contributed by atoms with E-state index in [1.165, 1.54) is 5.56 Å². The molecule has 0 aliphatic carbocycles. The number of rotatable bonds is 3. The molecule has 0 saturated heterocycles. The number of nitrogens with zero attached hydrogens (tertiary/aromatic N) is 1. The van der Waals surface area contributed by atoms with Crippen molar-refractivity contribution in [2.24, 2.45) is 0 Å². The van der Waals surface area contributed by atoms with Crippen LogP contribution in [0.5, 0.6) is 0 Å². The van der Waals surface area contributed by atoms with Crippen molar-refractivity contribution in [1.29, 1.82) is 5.26 Å². The molecule has 1 amide bonds. The standard InChI is InChI=1S/C17H15N3O/c18-10-12-2-1-3-13(8-12)11-20-17(21)15-4-5-16-14(9-15)6-7-19-16/h1-5,8-9,19H,6-7,11H2,(H,20,21). The van der Waals surface area contributed by atoms with E-state index in [0.717, 1.165) is 24.2 Å². The van der Waals surface area contributed by atoms with Crippen molar-refractivity contribution in [2.45, 2.75) is 13.0 Å². The third-order valence-electron chi connectivity index (χ3n) is 3.59. The Balaban J connectivity index is 1.68. The average molecular weight is 277 g/mol. The lowest BCUT2D eigenvalue weighted by molar-refractivity contribution is 0.0951. The summed E-state index contributed by atoms with van der Waals surface area (Å²) < 4.78 is 0. The number of carbonyl (C=O) groups is 1. The quantitative estimate of drug-likeness (QED) is 0.905. The van der Waals surface area contributed by atoms with E-state index >= 15 is 0 Å². The van der Waals surface area contributed by atoms with Gasteiger partial charge in [0, 0.05) is 24.3 Å². The van der Waals surface area contributed by atoms with Crippen LogP contribution in [0.15, 0.2) is 42.5 Å². The lowest BCUT2D eigenvalue weighted by atomic mass is 10.1. The summed E-state index contributed by atoms with van der Waals surface area (Å²) in [5.74, 6) is -0.0907. The first-order valence-electron chi connectivity index (χ1n) is 6.90. The highest BCUT2D eigenvalue weighted by Crippen LogP contribution is 2.22. The smallest absolute Gasteiger partial charge is 0.251 e. The number of nitriles is 1. The van der Waals surface area contributed by atoms with Crippen LogP contribution in [-0.2, 0) is 13.0 Å². The SMILES string of the molecule is N#Cc1cccc(CNC(=O)c2ccc3c(c2)CCN3)c1. The highest BCUT2D eigenvalue weighted by atomic mass is 16.1. The molecule has 0 bridgehead atoms. The van der Waals surface area contributed by atoms with Crippen LogP contribution in [0.3, 0.4) is 0 Å². The Morgan fingerprint density at radius 3 is 3.05 bits per heavy atom. The molecule has 1 heterocycles. The number of amides is 1. The summed E-state index contributed by atoms with van der Waals surface area (Å²) in [4.78, 5) is 12.2. The number of hydrogen-bond acceptors (Lipinski definition) is 3. The van der Waals surface area contributed by atoms with Gasteiger partial charge in [-0.25, -0.2) is 0 Å². The number of nitrogens with one attached hydrogen (secondary N) is 2. The predicted octanol–water partition coefficient (Wildman–Crippen LogP) is 2.46. The van der Waals surface area contributed by atoms with Crippen molar-refractivity contribution in [1.82, 2.24) is 5.32 Å². The molecule has 3 rings (SSSR count). The van der Waals surface area contributed by atoms with E-state index in [1.54, 1.807) is 12.1 Å². The molecule has 104 valence electrons. The van der Waals surface area contributed by atoms with Gasteiger partial charge in [0.2, 0.25) is 0 Å². The summed E-state index contributed by atoms with van der Waals surface area (Å²) >= 11 is 0. The molecule has 2 aromatic carbocycles. The van der Waals surface area contributed by atoms with Gasteiger partial charge in [0.1, 0.15) is 0 Å². The van der Waals surface area contributed by atoms with Crippen LogP contribution in [-0.4, -0.2) is 12.5 Å². The lowest BCUT2D eigenvalue weighted by Gasteiger charge is -2.07. The van der Waals surface area contributed by atoms with E-state index < -0.39 is 0 Å². The van der Waals surface area contributed by atoms with Crippen LogP contribution in [0.1, 0.15) is 27.0 Å². The molecule has 4 nitrogen and oxygen atoms in total. The van der Waals surface area contributed by atoms with E-state index in [0.29, 0.717) is 17.7 Å². The number of anilines is 1. The molecule has 0 unspecified atom stereocenters. The summed E-state index contributed by atoms with van der Waals surface area (Å²) in [6.07, 6.45) is 0.959. The van der Waals surface area contributed by atoms with Gasteiger partial charge in [-0.3, -0.25) is 4.79 Å². The van der Waals surface area contributed by atoms with Gasteiger partial charge in [-0.15, -0.1) is 0 Å². The molecule has 21 heavy (non-hydrogen) atoms. The molecule has 1 aliphatic rings. The van der Waals surface area contributed by atoms with Gasteiger partial charge in [-0.05, 0) is 47.9 Å². The Kier molecular flexibility index (Phi) is 3.57. The minimum Gasteiger partial charge on any atom is -0.384 e. The Hall–Kier alpha value is -2.80. The second-order valence-electron chi connectivity index (χ2n) is 5.04. The van der Waals surface area contributed by atoms with Crippen LogP contribution in [0, 0.1) is 11.3 Å². The Labute approximate surface area is 123 Å². The third kappa shape index (κ3) is 2.87. The molecule has 2 aromatic rings. The Bertz CT molecular complexity index is 731. The fourth-order valence-corrected chi connectivity index (χ4v) is 2.48. The second kappa shape index (κ2) is 5.68. The monoisotopic (exact) mass is 277 g/mol. The van der Waals surface area contributed by atoms with Crippen LogP contribution >= 0.6 is 0 Å². The Morgan fingerprint density at radius 1 is 1.29 bits per heavy atom. The van der Waals surface area contributed by atoms with Crippen LogP contribution in [0.2, 0.25) is 0 Å². The molecular formula is C17H15N3O. The maximum absolute atomic E-state index is 12.2. The molecular weight excluding hydrogens is 262 g/mol. The van der Waals surface area contributed by atoms with E-state index in [-0.39, 0.29) is 5.91 Å². The maximum atomic E-state index is 12.2. The lowest BCUT2D eigenvalue weighted by Crippen LogP contribution is -2.22. The molecule has 0 spiro atoms.